The fourth-order valence-electron chi connectivity index (χ4n) is 4.19. The van der Waals surface area contributed by atoms with Crippen molar-refractivity contribution >= 4 is 29.4 Å². The standard InChI is InChI=1S/C20H27N9/c1-26-7-9-28(10-8-26)18-4-3-16(12-22-18)25-19-20-23-13-17(29(20)6-5-21-19)15-11-24-27(2)14-15/h3-6,11-12,15,17H,7-10,13-14H2,1-2H3,(H,21,25). The van der Waals surface area contributed by atoms with Gasteiger partial charge in [-0.05, 0) is 19.2 Å². The fourth-order valence-corrected chi connectivity index (χ4v) is 4.19. The van der Waals surface area contributed by atoms with Crippen LogP contribution in [0.1, 0.15) is 0 Å². The highest BCUT2D eigenvalue weighted by Gasteiger charge is 2.37. The largest absolute Gasteiger partial charge is 0.354 e. The zero-order valence-electron chi connectivity index (χ0n) is 16.9. The normalized spacial score (nSPS) is 26.6. The Bertz CT molecular complexity index is 864. The number of fused-ring (bicyclic) bond motifs is 1. The van der Waals surface area contributed by atoms with Crippen LogP contribution in [0.4, 0.5) is 11.5 Å². The summed E-state index contributed by atoms with van der Waals surface area (Å²) < 4.78 is 0. The molecule has 1 aromatic rings. The summed E-state index contributed by atoms with van der Waals surface area (Å²) in [5, 5.41) is 9.77. The maximum atomic E-state index is 4.77. The number of hydrogen-bond acceptors (Lipinski definition) is 9. The third kappa shape index (κ3) is 3.57. The molecule has 5 heterocycles. The van der Waals surface area contributed by atoms with Crippen LogP contribution in [-0.4, -0.2) is 97.1 Å². The average Bonchev–Trinajstić information content (AvgIpc) is 3.36. The van der Waals surface area contributed by atoms with Crippen molar-refractivity contribution in [2.75, 3.05) is 63.6 Å². The van der Waals surface area contributed by atoms with E-state index in [0.29, 0.717) is 12.0 Å². The van der Waals surface area contributed by atoms with E-state index in [1.807, 2.05) is 36.9 Å². The Labute approximate surface area is 171 Å². The molecule has 0 bridgehead atoms. The van der Waals surface area contributed by atoms with Gasteiger partial charge in [0.25, 0.3) is 0 Å². The van der Waals surface area contributed by atoms with Crippen LogP contribution >= 0.6 is 0 Å². The Morgan fingerprint density at radius 1 is 1.10 bits per heavy atom. The summed E-state index contributed by atoms with van der Waals surface area (Å²) in [6, 6.07) is 4.44. The molecule has 0 amide bonds. The molecule has 0 saturated carbocycles. The summed E-state index contributed by atoms with van der Waals surface area (Å²) in [7, 11) is 4.17. The zero-order valence-corrected chi connectivity index (χ0v) is 16.9. The number of nitrogens with one attached hydrogen (secondary N) is 1. The van der Waals surface area contributed by atoms with Crippen LogP contribution in [0, 0.1) is 5.92 Å². The maximum Gasteiger partial charge on any atom is 0.173 e. The first-order chi connectivity index (χ1) is 14.2. The van der Waals surface area contributed by atoms with Crippen LogP contribution < -0.4 is 10.2 Å². The molecule has 0 aromatic carbocycles. The van der Waals surface area contributed by atoms with Gasteiger partial charge in [-0.3, -0.25) is 10.0 Å². The van der Waals surface area contributed by atoms with Crippen molar-refractivity contribution in [2.45, 2.75) is 6.04 Å². The molecule has 1 fully saturated rings. The van der Waals surface area contributed by atoms with Gasteiger partial charge in [0.15, 0.2) is 11.7 Å². The third-order valence-electron chi connectivity index (χ3n) is 5.94. The molecule has 2 atom stereocenters. The Morgan fingerprint density at radius 3 is 2.69 bits per heavy atom. The van der Waals surface area contributed by atoms with Crippen LogP contribution in [0.5, 0.6) is 0 Å². The Morgan fingerprint density at radius 2 is 1.97 bits per heavy atom. The van der Waals surface area contributed by atoms with E-state index in [4.69, 9.17) is 4.99 Å². The summed E-state index contributed by atoms with van der Waals surface area (Å²) in [5.41, 5.74) is 0.921. The van der Waals surface area contributed by atoms with E-state index in [-0.39, 0.29) is 0 Å². The third-order valence-corrected chi connectivity index (χ3v) is 5.94. The molecule has 1 saturated heterocycles. The smallest absolute Gasteiger partial charge is 0.173 e. The quantitative estimate of drug-likeness (QED) is 0.817. The molecule has 1 aromatic heterocycles. The lowest BCUT2D eigenvalue weighted by Crippen LogP contribution is -2.45. The number of aromatic nitrogens is 1. The molecule has 9 heteroatoms. The number of hydrazone groups is 1. The van der Waals surface area contributed by atoms with Gasteiger partial charge in [-0.15, -0.1) is 0 Å². The molecule has 1 N–H and O–H groups in total. The van der Waals surface area contributed by atoms with Gasteiger partial charge >= 0.3 is 0 Å². The van der Waals surface area contributed by atoms with E-state index in [2.05, 4.69) is 54.3 Å². The summed E-state index contributed by atoms with van der Waals surface area (Å²) >= 11 is 0. The van der Waals surface area contributed by atoms with Crippen molar-refractivity contribution < 1.29 is 0 Å². The van der Waals surface area contributed by atoms with Gasteiger partial charge in [0.05, 0.1) is 24.5 Å². The second-order valence-electron chi connectivity index (χ2n) is 8.00. The van der Waals surface area contributed by atoms with E-state index in [9.17, 15) is 0 Å². The highest BCUT2D eigenvalue weighted by molar-refractivity contribution is 6.45. The van der Waals surface area contributed by atoms with Crippen LogP contribution in [-0.2, 0) is 0 Å². The Balaban J connectivity index is 1.25. The van der Waals surface area contributed by atoms with Crippen LogP contribution in [0.3, 0.4) is 0 Å². The maximum absolute atomic E-state index is 4.77. The van der Waals surface area contributed by atoms with Crippen molar-refractivity contribution in [1.29, 1.82) is 0 Å². The predicted molar refractivity (Wildman–Crippen MR) is 117 cm³/mol. The van der Waals surface area contributed by atoms with Gasteiger partial charge in [-0.2, -0.15) is 5.10 Å². The van der Waals surface area contributed by atoms with Crippen LogP contribution in [0.2, 0.25) is 0 Å². The van der Waals surface area contributed by atoms with Crippen molar-refractivity contribution in [3.05, 3.63) is 30.7 Å². The molecule has 5 rings (SSSR count). The van der Waals surface area contributed by atoms with Gasteiger partial charge in [0.2, 0.25) is 0 Å². The summed E-state index contributed by atoms with van der Waals surface area (Å²) in [5.74, 6) is 3.06. The Hall–Kier alpha value is -2.94. The molecule has 0 spiro atoms. The zero-order chi connectivity index (χ0) is 19.8. The number of aliphatic imine (C=N–C) groups is 2. The lowest BCUT2D eigenvalue weighted by molar-refractivity contribution is 0.299. The lowest BCUT2D eigenvalue weighted by Gasteiger charge is -2.33. The van der Waals surface area contributed by atoms with E-state index in [1.54, 1.807) is 0 Å². The molecule has 4 aliphatic heterocycles. The monoisotopic (exact) mass is 393 g/mol. The number of likely N-dealkylation sites (N-methyl/N-ethyl adjacent to an activating group) is 1. The highest BCUT2D eigenvalue weighted by Crippen LogP contribution is 2.25. The molecule has 2 unspecified atom stereocenters. The van der Waals surface area contributed by atoms with Gasteiger partial charge in [0, 0.05) is 64.3 Å². The first kappa shape index (κ1) is 18.1. The van der Waals surface area contributed by atoms with Crippen molar-refractivity contribution in [1.82, 2.24) is 19.8 Å². The number of nitrogens with zero attached hydrogens (tertiary/aromatic N) is 8. The predicted octanol–water partition coefficient (Wildman–Crippen LogP) is 0.759. The van der Waals surface area contributed by atoms with Crippen molar-refractivity contribution in [3.63, 3.8) is 0 Å². The van der Waals surface area contributed by atoms with Crippen molar-refractivity contribution in [2.24, 2.45) is 21.0 Å². The minimum Gasteiger partial charge on any atom is -0.354 e. The number of hydrogen-bond donors (Lipinski definition) is 1. The average molecular weight is 393 g/mol. The van der Waals surface area contributed by atoms with Gasteiger partial charge in [0.1, 0.15) is 5.82 Å². The molecule has 152 valence electrons. The summed E-state index contributed by atoms with van der Waals surface area (Å²) in [4.78, 5) is 20.9. The first-order valence-corrected chi connectivity index (χ1v) is 10.2. The number of rotatable bonds is 3. The summed E-state index contributed by atoms with van der Waals surface area (Å²) in [6.07, 6.45) is 7.77. The van der Waals surface area contributed by atoms with E-state index >= 15 is 0 Å². The molecule has 0 aliphatic carbocycles. The molecule has 0 radical (unpaired) electrons. The lowest BCUT2D eigenvalue weighted by atomic mass is 10.0. The fraction of sp³-hybridized carbons (Fsp3) is 0.500. The van der Waals surface area contributed by atoms with E-state index in [1.165, 1.54) is 0 Å². The minimum absolute atomic E-state index is 0.292. The number of piperazine rings is 1. The molecule has 29 heavy (non-hydrogen) atoms. The Kier molecular flexibility index (Phi) is 4.67. The van der Waals surface area contributed by atoms with E-state index < -0.39 is 0 Å². The second kappa shape index (κ2) is 7.47. The molecular formula is C20H27N9. The van der Waals surface area contributed by atoms with Gasteiger partial charge < -0.3 is 20.0 Å². The molecule has 4 aliphatic rings. The van der Waals surface area contributed by atoms with Crippen LogP contribution in [0.15, 0.2) is 45.8 Å². The highest BCUT2D eigenvalue weighted by atomic mass is 15.5. The second-order valence-corrected chi connectivity index (χ2v) is 8.00. The van der Waals surface area contributed by atoms with Crippen LogP contribution in [0.25, 0.3) is 0 Å². The number of amidine groups is 2. The topological polar surface area (TPSA) is 75.0 Å². The SMILES string of the molecule is CN1CCN(c2ccc(NC3=NC=CN4C3=NCC4C3C=NN(C)C3)cn2)CC1. The minimum atomic E-state index is 0.292. The molecule has 9 nitrogen and oxygen atoms in total. The van der Waals surface area contributed by atoms with Gasteiger partial charge in [-0.1, -0.05) is 0 Å². The van der Waals surface area contributed by atoms with Crippen molar-refractivity contribution in [3.8, 4) is 0 Å². The summed E-state index contributed by atoms with van der Waals surface area (Å²) in [6.45, 7) is 5.86. The van der Waals surface area contributed by atoms with Gasteiger partial charge in [-0.25, -0.2) is 9.98 Å². The molecular weight excluding hydrogens is 366 g/mol. The number of pyridine rings is 1. The first-order valence-electron chi connectivity index (χ1n) is 10.2. The number of anilines is 2. The van der Waals surface area contributed by atoms with E-state index in [0.717, 1.165) is 62.4 Å².